The van der Waals surface area contributed by atoms with E-state index in [2.05, 4.69) is 62.4 Å². The van der Waals surface area contributed by atoms with Gasteiger partial charge in [0.15, 0.2) is 0 Å². The van der Waals surface area contributed by atoms with Gasteiger partial charge >= 0.3 is 0 Å². The van der Waals surface area contributed by atoms with E-state index in [1.165, 1.54) is 11.3 Å². The highest BCUT2D eigenvalue weighted by Crippen LogP contribution is 2.32. The smallest absolute Gasteiger partial charge is 0.238 e. The second kappa shape index (κ2) is 8.49. The van der Waals surface area contributed by atoms with Gasteiger partial charge in [0.05, 0.1) is 23.3 Å². The van der Waals surface area contributed by atoms with Crippen LogP contribution in [0.15, 0.2) is 78.3 Å². The summed E-state index contributed by atoms with van der Waals surface area (Å²) >= 11 is 1.63. The van der Waals surface area contributed by atoms with Crippen LogP contribution < -0.4 is 5.32 Å². The average Bonchev–Trinajstić information content (AvgIpc) is 3.43. The molecule has 5 rings (SSSR count). The second-order valence-electron chi connectivity index (χ2n) is 7.79. The average molecular weight is 429 g/mol. The van der Waals surface area contributed by atoms with Crippen LogP contribution in [0.3, 0.4) is 0 Å². The van der Waals surface area contributed by atoms with Gasteiger partial charge in [-0.15, -0.1) is 11.3 Å². The van der Waals surface area contributed by atoms with Crippen molar-refractivity contribution in [3.05, 3.63) is 94.6 Å². The lowest BCUT2D eigenvalue weighted by molar-refractivity contribution is -0.117. The molecule has 1 amide bonds. The van der Waals surface area contributed by atoms with Gasteiger partial charge in [0.1, 0.15) is 0 Å². The maximum Gasteiger partial charge on any atom is 0.238 e. The number of thiazole rings is 1. The Morgan fingerprint density at radius 2 is 1.97 bits per heavy atom. The number of carbonyl (C=O) groups is 1. The van der Waals surface area contributed by atoms with Crippen LogP contribution in [0, 0.1) is 6.92 Å². The molecule has 31 heavy (non-hydrogen) atoms. The van der Waals surface area contributed by atoms with Crippen molar-refractivity contribution >= 4 is 22.9 Å². The minimum atomic E-state index is -0.00690. The van der Waals surface area contributed by atoms with E-state index in [1.807, 2.05) is 42.6 Å². The molecule has 0 spiro atoms. The third kappa shape index (κ3) is 4.17. The summed E-state index contributed by atoms with van der Waals surface area (Å²) in [6.07, 6.45) is 2.12. The zero-order valence-electron chi connectivity index (χ0n) is 17.4. The Labute approximate surface area is 186 Å². The first-order chi connectivity index (χ1) is 15.2. The number of aryl methyl sites for hydroxylation is 1. The number of carbonyl (C=O) groups excluding carboxylic acids is 1. The molecule has 1 atom stereocenters. The highest BCUT2D eigenvalue weighted by atomic mass is 32.1. The zero-order valence-corrected chi connectivity index (χ0v) is 18.2. The van der Waals surface area contributed by atoms with E-state index in [9.17, 15) is 4.79 Å². The van der Waals surface area contributed by atoms with Gasteiger partial charge in [-0.2, -0.15) is 0 Å². The summed E-state index contributed by atoms with van der Waals surface area (Å²) in [4.78, 5) is 19.8. The number of nitrogens with zero attached hydrogens (tertiary/aromatic N) is 3. The maximum atomic E-state index is 13.0. The van der Waals surface area contributed by atoms with Crippen LogP contribution >= 0.6 is 11.3 Å². The van der Waals surface area contributed by atoms with Gasteiger partial charge in [0.2, 0.25) is 5.91 Å². The molecular formula is C25H24N4OS. The van der Waals surface area contributed by atoms with Crippen LogP contribution in [0.4, 0.5) is 5.69 Å². The van der Waals surface area contributed by atoms with Crippen molar-refractivity contribution in [2.24, 2.45) is 0 Å². The fraction of sp³-hybridized carbons (Fsp3) is 0.200. The molecule has 1 N–H and O–H groups in total. The number of hydrogen-bond acceptors (Lipinski definition) is 4. The molecule has 3 heterocycles. The lowest BCUT2D eigenvalue weighted by Gasteiger charge is -2.36. The molecule has 0 saturated heterocycles. The molecule has 4 aromatic rings. The van der Waals surface area contributed by atoms with E-state index in [0.717, 1.165) is 35.0 Å². The molecule has 1 unspecified atom stereocenters. The summed E-state index contributed by atoms with van der Waals surface area (Å²) in [5.41, 5.74) is 5.19. The molecule has 156 valence electrons. The van der Waals surface area contributed by atoms with Crippen LogP contribution in [0.25, 0.3) is 11.3 Å². The molecule has 1 aliphatic rings. The summed E-state index contributed by atoms with van der Waals surface area (Å²) in [6, 6.07) is 22.6. The Kier molecular flexibility index (Phi) is 5.40. The van der Waals surface area contributed by atoms with Crippen LogP contribution in [-0.2, 0) is 11.3 Å². The van der Waals surface area contributed by atoms with Crippen molar-refractivity contribution < 1.29 is 4.79 Å². The molecule has 6 heteroatoms. The number of anilines is 1. The molecular weight excluding hydrogens is 404 g/mol. The highest BCUT2D eigenvalue weighted by Gasteiger charge is 2.29. The first-order valence-corrected chi connectivity index (χ1v) is 11.3. The van der Waals surface area contributed by atoms with Crippen LogP contribution in [-0.4, -0.2) is 33.4 Å². The van der Waals surface area contributed by atoms with Gasteiger partial charge in [-0.1, -0.05) is 42.5 Å². The SMILES string of the molecule is Cc1nc(-c2cccc(NC(=O)CN3CCn4cccc4C3c3ccccc3)c2)cs1. The van der Waals surface area contributed by atoms with Gasteiger partial charge in [0.25, 0.3) is 0 Å². The second-order valence-corrected chi connectivity index (χ2v) is 8.85. The van der Waals surface area contributed by atoms with Crippen LogP contribution in [0.1, 0.15) is 22.3 Å². The van der Waals surface area contributed by atoms with E-state index < -0.39 is 0 Å². The van der Waals surface area contributed by atoms with Crippen molar-refractivity contribution in [1.82, 2.24) is 14.5 Å². The Bertz CT molecular complexity index is 1200. The van der Waals surface area contributed by atoms with Crippen molar-refractivity contribution in [1.29, 1.82) is 0 Å². The molecule has 0 saturated carbocycles. The Morgan fingerprint density at radius 1 is 1.10 bits per heavy atom. The summed E-state index contributed by atoms with van der Waals surface area (Å²) in [6.45, 7) is 4.05. The molecule has 5 nitrogen and oxygen atoms in total. The van der Waals surface area contributed by atoms with Gasteiger partial charge in [0, 0.05) is 41.6 Å². The molecule has 0 radical (unpaired) electrons. The molecule has 2 aromatic carbocycles. The predicted molar refractivity (Wildman–Crippen MR) is 125 cm³/mol. The maximum absolute atomic E-state index is 13.0. The van der Waals surface area contributed by atoms with E-state index in [1.54, 1.807) is 11.3 Å². The summed E-state index contributed by atoms with van der Waals surface area (Å²) < 4.78 is 2.28. The normalized spacial score (nSPS) is 16.1. The zero-order chi connectivity index (χ0) is 21.2. The van der Waals surface area contributed by atoms with E-state index in [0.29, 0.717) is 6.54 Å². The number of rotatable bonds is 5. The predicted octanol–water partition coefficient (Wildman–Crippen LogP) is 4.96. The topological polar surface area (TPSA) is 50.2 Å². The number of amides is 1. The van der Waals surface area contributed by atoms with Crippen LogP contribution in [0.5, 0.6) is 0 Å². The fourth-order valence-electron chi connectivity index (χ4n) is 4.26. The molecule has 2 aromatic heterocycles. The van der Waals surface area contributed by atoms with E-state index >= 15 is 0 Å². The van der Waals surface area contributed by atoms with Gasteiger partial charge < -0.3 is 9.88 Å². The van der Waals surface area contributed by atoms with Crippen molar-refractivity contribution in [2.45, 2.75) is 19.5 Å². The third-order valence-electron chi connectivity index (χ3n) is 5.66. The first kappa shape index (κ1) is 19.7. The number of aromatic nitrogens is 2. The lowest BCUT2D eigenvalue weighted by Crippen LogP contribution is -2.42. The Morgan fingerprint density at radius 3 is 2.77 bits per heavy atom. The van der Waals surface area contributed by atoms with Crippen LogP contribution in [0.2, 0.25) is 0 Å². The Balaban J connectivity index is 1.34. The summed E-state index contributed by atoms with van der Waals surface area (Å²) in [5, 5.41) is 6.16. The number of fused-ring (bicyclic) bond motifs is 1. The first-order valence-electron chi connectivity index (χ1n) is 10.4. The van der Waals surface area contributed by atoms with Gasteiger partial charge in [-0.25, -0.2) is 4.98 Å². The molecule has 0 fully saturated rings. The van der Waals surface area contributed by atoms with Gasteiger partial charge in [-0.05, 0) is 36.8 Å². The van der Waals surface area contributed by atoms with Crippen molar-refractivity contribution in [3.63, 3.8) is 0 Å². The number of benzene rings is 2. The quantitative estimate of drug-likeness (QED) is 0.489. The minimum Gasteiger partial charge on any atom is -0.348 e. The number of hydrogen-bond donors (Lipinski definition) is 1. The Hall–Kier alpha value is -3.22. The van der Waals surface area contributed by atoms with Crippen molar-refractivity contribution in [3.8, 4) is 11.3 Å². The summed E-state index contributed by atoms with van der Waals surface area (Å²) in [7, 11) is 0. The standard InChI is InChI=1S/C25H24N4OS/c1-18-26-22(17-31-18)20-9-5-10-21(15-20)27-24(30)16-29-14-13-28-12-6-11-23(28)25(29)19-7-3-2-4-8-19/h2-12,15,17,25H,13-14,16H2,1H3,(H,27,30). The molecule has 0 aliphatic carbocycles. The molecule has 1 aliphatic heterocycles. The third-order valence-corrected chi connectivity index (χ3v) is 6.43. The minimum absolute atomic E-state index is 0.00690. The number of nitrogens with one attached hydrogen (secondary N) is 1. The molecule has 0 bridgehead atoms. The van der Waals surface area contributed by atoms with Gasteiger partial charge in [-0.3, -0.25) is 9.69 Å². The van der Waals surface area contributed by atoms with E-state index in [-0.39, 0.29) is 11.9 Å². The summed E-state index contributed by atoms with van der Waals surface area (Å²) in [5.74, 6) is -0.00690. The lowest BCUT2D eigenvalue weighted by atomic mass is 10.00. The van der Waals surface area contributed by atoms with Crippen molar-refractivity contribution in [2.75, 3.05) is 18.4 Å². The highest BCUT2D eigenvalue weighted by molar-refractivity contribution is 7.09. The fourth-order valence-corrected chi connectivity index (χ4v) is 4.88. The van der Waals surface area contributed by atoms with E-state index in [4.69, 9.17) is 0 Å². The largest absolute Gasteiger partial charge is 0.348 e. The monoisotopic (exact) mass is 428 g/mol.